The number of rotatable bonds is 3. The maximum absolute atomic E-state index is 10.8. The summed E-state index contributed by atoms with van der Waals surface area (Å²) < 4.78 is 11.4. The van der Waals surface area contributed by atoms with Crippen LogP contribution >= 0.6 is 0 Å². The molecule has 124 valence electrons. The first kappa shape index (κ1) is 14.7. The summed E-state index contributed by atoms with van der Waals surface area (Å²) in [5, 5.41) is 2.32. The number of hydrogen-bond donors (Lipinski definition) is 0. The van der Waals surface area contributed by atoms with Gasteiger partial charge in [0.15, 0.2) is 17.6 Å². The van der Waals surface area contributed by atoms with Crippen molar-refractivity contribution in [1.82, 2.24) is 4.98 Å². The molecule has 5 aromatic rings. The molecule has 0 N–H and O–H groups in total. The van der Waals surface area contributed by atoms with Gasteiger partial charge in [-0.1, -0.05) is 30.3 Å². The topological polar surface area (TPSA) is 56.2 Å². The van der Waals surface area contributed by atoms with Crippen molar-refractivity contribution in [3.8, 4) is 22.8 Å². The summed E-state index contributed by atoms with van der Waals surface area (Å²) in [7, 11) is 0. The number of benzene rings is 3. The molecule has 0 amide bonds. The number of aromatic nitrogens is 1. The highest BCUT2D eigenvalue weighted by molar-refractivity contribution is 5.87. The molecule has 3 aromatic carbocycles. The number of aldehydes is 1. The van der Waals surface area contributed by atoms with E-state index in [2.05, 4.69) is 29.2 Å². The molecular formula is C22H13NO3. The lowest BCUT2D eigenvalue weighted by Gasteiger charge is -1.99. The van der Waals surface area contributed by atoms with E-state index in [1.54, 1.807) is 12.1 Å². The van der Waals surface area contributed by atoms with E-state index < -0.39 is 0 Å². The van der Waals surface area contributed by atoms with Crippen LogP contribution in [0.4, 0.5) is 0 Å². The monoisotopic (exact) mass is 339 g/mol. The van der Waals surface area contributed by atoms with Crippen molar-refractivity contribution in [2.75, 3.05) is 0 Å². The van der Waals surface area contributed by atoms with Gasteiger partial charge < -0.3 is 8.83 Å². The summed E-state index contributed by atoms with van der Waals surface area (Å²) in [6.45, 7) is 0. The van der Waals surface area contributed by atoms with Crippen LogP contribution < -0.4 is 0 Å². The maximum atomic E-state index is 10.8. The minimum Gasteiger partial charge on any atom is -0.453 e. The van der Waals surface area contributed by atoms with E-state index in [1.807, 2.05) is 36.4 Å². The molecule has 0 unspecified atom stereocenters. The second-order valence-corrected chi connectivity index (χ2v) is 6.08. The second kappa shape index (κ2) is 5.70. The normalized spacial score (nSPS) is 11.2. The van der Waals surface area contributed by atoms with Crippen LogP contribution in [0.25, 0.3) is 44.7 Å². The van der Waals surface area contributed by atoms with E-state index in [-0.39, 0.29) is 0 Å². The Morgan fingerprint density at radius 3 is 2.46 bits per heavy atom. The molecule has 0 bridgehead atoms. The Balaban J connectivity index is 1.59. The number of carbonyl (C=O) groups is 1. The lowest BCUT2D eigenvalue weighted by Crippen LogP contribution is -1.79. The zero-order valence-corrected chi connectivity index (χ0v) is 13.7. The Morgan fingerprint density at radius 2 is 1.62 bits per heavy atom. The Bertz CT molecular complexity index is 1260. The van der Waals surface area contributed by atoms with Gasteiger partial charge in [0.1, 0.15) is 11.3 Å². The average molecular weight is 339 g/mol. The van der Waals surface area contributed by atoms with Crippen LogP contribution in [-0.2, 0) is 0 Å². The van der Waals surface area contributed by atoms with Gasteiger partial charge >= 0.3 is 0 Å². The summed E-state index contributed by atoms with van der Waals surface area (Å²) >= 11 is 0. The summed E-state index contributed by atoms with van der Waals surface area (Å²) in [6.07, 6.45) is 0.690. The van der Waals surface area contributed by atoms with Gasteiger partial charge in [0, 0.05) is 11.1 Å². The highest BCUT2D eigenvalue weighted by atomic mass is 16.4. The Morgan fingerprint density at radius 1 is 0.769 bits per heavy atom. The molecular weight excluding hydrogens is 326 g/mol. The number of hydrogen-bond acceptors (Lipinski definition) is 4. The molecule has 0 radical (unpaired) electrons. The first-order valence-corrected chi connectivity index (χ1v) is 8.25. The fourth-order valence-corrected chi connectivity index (χ4v) is 3.10. The van der Waals surface area contributed by atoms with Crippen LogP contribution in [0.2, 0.25) is 0 Å². The van der Waals surface area contributed by atoms with Crippen molar-refractivity contribution in [3.05, 3.63) is 78.6 Å². The number of oxazole rings is 1. The highest BCUT2D eigenvalue weighted by Gasteiger charge is 2.11. The van der Waals surface area contributed by atoms with Crippen molar-refractivity contribution in [2.24, 2.45) is 0 Å². The van der Waals surface area contributed by atoms with Gasteiger partial charge in [-0.25, -0.2) is 4.98 Å². The Labute approximate surface area is 148 Å². The lowest BCUT2D eigenvalue weighted by atomic mass is 10.1. The molecule has 4 heteroatoms. The highest BCUT2D eigenvalue weighted by Crippen LogP contribution is 2.30. The molecule has 0 fully saturated rings. The predicted octanol–water partition coefficient (Wildman–Crippen LogP) is 5.72. The standard InChI is InChI=1S/C22H13NO3/c24-13-18-8-10-20(25-18)16-7-9-21-19(12-16)23-22(26-21)17-6-5-14-3-1-2-4-15(14)11-17/h1-13H. The molecule has 5 rings (SSSR count). The van der Waals surface area contributed by atoms with Crippen molar-refractivity contribution in [3.63, 3.8) is 0 Å². The number of carbonyl (C=O) groups excluding carboxylic acids is 1. The lowest BCUT2D eigenvalue weighted by molar-refractivity contribution is 0.110. The minimum atomic E-state index is 0.303. The molecule has 2 heterocycles. The van der Waals surface area contributed by atoms with Crippen LogP contribution in [0, 0.1) is 0 Å². The largest absolute Gasteiger partial charge is 0.453 e. The van der Waals surface area contributed by atoms with Gasteiger partial charge in [0.25, 0.3) is 0 Å². The predicted molar refractivity (Wildman–Crippen MR) is 100 cm³/mol. The van der Waals surface area contributed by atoms with Crippen LogP contribution in [0.3, 0.4) is 0 Å². The second-order valence-electron chi connectivity index (χ2n) is 6.08. The van der Waals surface area contributed by atoms with Gasteiger partial charge in [-0.15, -0.1) is 0 Å². The Hall–Kier alpha value is -3.66. The van der Waals surface area contributed by atoms with E-state index >= 15 is 0 Å². The molecule has 0 spiro atoms. The fraction of sp³-hybridized carbons (Fsp3) is 0. The minimum absolute atomic E-state index is 0.303. The number of nitrogens with zero attached hydrogens (tertiary/aromatic N) is 1. The molecule has 0 atom stereocenters. The SMILES string of the molecule is O=Cc1ccc(-c2ccc3oc(-c4ccc5ccccc5c4)nc3c2)o1. The van der Waals surface area contributed by atoms with E-state index in [9.17, 15) is 4.79 Å². The summed E-state index contributed by atoms with van der Waals surface area (Å²) in [5.74, 6) is 1.51. The van der Waals surface area contributed by atoms with Gasteiger partial charge in [-0.3, -0.25) is 4.79 Å². The molecule has 0 aliphatic carbocycles. The zero-order chi connectivity index (χ0) is 17.5. The van der Waals surface area contributed by atoms with Crippen LogP contribution in [-0.4, -0.2) is 11.3 Å². The quantitative estimate of drug-likeness (QED) is 0.394. The van der Waals surface area contributed by atoms with E-state index in [0.717, 1.165) is 22.0 Å². The zero-order valence-electron chi connectivity index (χ0n) is 13.7. The fourth-order valence-electron chi connectivity index (χ4n) is 3.10. The molecule has 0 saturated carbocycles. The molecule has 2 aromatic heterocycles. The van der Waals surface area contributed by atoms with Gasteiger partial charge in [0.2, 0.25) is 5.89 Å². The summed E-state index contributed by atoms with van der Waals surface area (Å²) in [6, 6.07) is 23.4. The third kappa shape index (κ3) is 2.40. The van der Waals surface area contributed by atoms with Gasteiger partial charge in [-0.2, -0.15) is 0 Å². The molecule has 4 nitrogen and oxygen atoms in total. The van der Waals surface area contributed by atoms with Crippen molar-refractivity contribution in [1.29, 1.82) is 0 Å². The van der Waals surface area contributed by atoms with Gasteiger partial charge in [-0.05, 0) is 53.2 Å². The smallest absolute Gasteiger partial charge is 0.227 e. The van der Waals surface area contributed by atoms with E-state index in [4.69, 9.17) is 8.83 Å². The van der Waals surface area contributed by atoms with Gasteiger partial charge in [0.05, 0.1) is 0 Å². The van der Waals surface area contributed by atoms with E-state index in [1.165, 1.54) is 5.39 Å². The summed E-state index contributed by atoms with van der Waals surface area (Å²) in [4.78, 5) is 15.4. The number of furan rings is 1. The molecule has 0 aliphatic heterocycles. The third-order valence-corrected chi connectivity index (χ3v) is 4.41. The molecule has 26 heavy (non-hydrogen) atoms. The first-order valence-electron chi connectivity index (χ1n) is 8.25. The van der Waals surface area contributed by atoms with Crippen molar-refractivity contribution >= 4 is 28.2 Å². The number of fused-ring (bicyclic) bond motifs is 2. The van der Waals surface area contributed by atoms with Crippen LogP contribution in [0.5, 0.6) is 0 Å². The summed E-state index contributed by atoms with van der Waals surface area (Å²) in [5.41, 5.74) is 3.24. The maximum Gasteiger partial charge on any atom is 0.227 e. The first-order chi connectivity index (χ1) is 12.8. The molecule has 0 aliphatic rings. The van der Waals surface area contributed by atoms with E-state index in [0.29, 0.717) is 29.3 Å². The average Bonchev–Trinajstić information content (AvgIpc) is 3.33. The van der Waals surface area contributed by atoms with Crippen molar-refractivity contribution in [2.45, 2.75) is 0 Å². The third-order valence-electron chi connectivity index (χ3n) is 4.41. The molecule has 0 saturated heterocycles. The van der Waals surface area contributed by atoms with Crippen molar-refractivity contribution < 1.29 is 13.6 Å². The van der Waals surface area contributed by atoms with Crippen LogP contribution in [0.15, 0.2) is 81.6 Å². The van der Waals surface area contributed by atoms with Crippen LogP contribution in [0.1, 0.15) is 10.6 Å². The Kier molecular flexibility index (Phi) is 3.22.